The van der Waals surface area contributed by atoms with Crippen LogP contribution in [0.15, 0.2) is 48.5 Å². The monoisotopic (exact) mass is 456 g/mol. The molecular weight excluding hydrogens is 420 g/mol. The normalized spacial score (nSPS) is 15.1. The SMILES string of the molecule is CC(C)OC(=O)CCSCC(O)Cc1cccc(C2CCCC2)c1OCc1ccccc1. The standard InChI is InChI=1S/C27H36O4S/c1-20(2)31-26(29)15-16-32-19-24(28)17-23-13-8-14-25(22-11-6-7-12-22)27(23)30-18-21-9-4-3-5-10-21/h3-5,8-10,13-14,20,22,24,28H,6-7,11-12,15-19H2,1-2H3. The van der Waals surface area contributed by atoms with Gasteiger partial charge in [0.1, 0.15) is 12.4 Å². The minimum atomic E-state index is -0.487. The topological polar surface area (TPSA) is 55.8 Å². The summed E-state index contributed by atoms with van der Waals surface area (Å²) >= 11 is 1.59. The van der Waals surface area contributed by atoms with Crippen molar-refractivity contribution in [1.82, 2.24) is 0 Å². The summed E-state index contributed by atoms with van der Waals surface area (Å²) in [4.78, 5) is 11.7. The van der Waals surface area contributed by atoms with Crippen LogP contribution < -0.4 is 4.74 Å². The van der Waals surface area contributed by atoms with E-state index in [1.54, 1.807) is 11.8 Å². The molecule has 1 unspecified atom stereocenters. The number of ether oxygens (including phenoxy) is 2. The fourth-order valence-electron chi connectivity index (χ4n) is 4.24. The van der Waals surface area contributed by atoms with E-state index in [-0.39, 0.29) is 12.1 Å². The first-order valence-corrected chi connectivity index (χ1v) is 12.9. The van der Waals surface area contributed by atoms with Crippen LogP contribution in [-0.2, 0) is 22.6 Å². The van der Waals surface area contributed by atoms with Crippen LogP contribution in [0, 0.1) is 0 Å². The third-order valence-corrected chi connectivity index (χ3v) is 6.84. The molecule has 0 radical (unpaired) electrons. The lowest BCUT2D eigenvalue weighted by Gasteiger charge is -2.21. The van der Waals surface area contributed by atoms with Crippen molar-refractivity contribution in [3.05, 3.63) is 65.2 Å². The molecule has 0 amide bonds. The summed E-state index contributed by atoms with van der Waals surface area (Å²) < 4.78 is 11.5. The molecule has 0 saturated heterocycles. The first-order valence-electron chi connectivity index (χ1n) is 11.8. The van der Waals surface area contributed by atoms with E-state index in [0.717, 1.165) is 16.9 Å². The van der Waals surface area contributed by atoms with Crippen molar-refractivity contribution in [2.45, 2.75) is 77.1 Å². The third-order valence-electron chi connectivity index (χ3n) is 5.73. The van der Waals surface area contributed by atoms with Crippen molar-refractivity contribution >= 4 is 17.7 Å². The summed E-state index contributed by atoms with van der Waals surface area (Å²) in [6.07, 6.45) is 5.30. The number of hydrogen-bond donors (Lipinski definition) is 1. The Hall–Kier alpha value is -1.98. The highest BCUT2D eigenvalue weighted by molar-refractivity contribution is 7.99. The molecule has 2 aromatic carbocycles. The van der Waals surface area contributed by atoms with Crippen LogP contribution in [-0.4, -0.2) is 34.8 Å². The van der Waals surface area contributed by atoms with E-state index >= 15 is 0 Å². The number of hydrogen-bond acceptors (Lipinski definition) is 5. The second-order valence-corrected chi connectivity index (χ2v) is 9.96. The minimum Gasteiger partial charge on any atom is -0.488 e. The van der Waals surface area contributed by atoms with Gasteiger partial charge in [-0.1, -0.05) is 61.4 Å². The molecule has 0 aromatic heterocycles. The average molecular weight is 457 g/mol. The molecule has 1 aliphatic rings. The van der Waals surface area contributed by atoms with Crippen molar-refractivity contribution in [2.24, 2.45) is 0 Å². The van der Waals surface area contributed by atoms with Gasteiger partial charge in [0.05, 0.1) is 18.6 Å². The first kappa shape index (κ1) is 24.7. The van der Waals surface area contributed by atoms with E-state index < -0.39 is 6.10 Å². The summed E-state index contributed by atoms with van der Waals surface area (Å²) in [7, 11) is 0. The fraction of sp³-hybridized carbons (Fsp3) is 0.519. The molecule has 0 spiro atoms. The van der Waals surface area contributed by atoms with Gasteiger partial charge in [0.2, 0.25) is 0 Å². The molecule has 0 heterocycles. The first-order chi connectivity index (χ1) is 15.5. The van der Waals surface area contributed by atoms with Gasteiger partial charge in [0.25, 0.3) is 0 Å². The molecule has 0 bridgehead atoms. The maximum Gasteiger partial charge on any atom is 0.306 e. The van der Waals surface area contributed by atoms with Crippen LogP contribution in [0.1, 0.15) is 68.6 Å². The van der Waals surface area contributed by atoms with Gasteiger partial charge in [-0.15, -0.1) is 0 Å². The smallest absolute Gasteiger partial charge is 0.306 e. The number of aliphatic hydroxyl groups excluding tert-OH is 1. The van der Waals surface area contributed by atoms with Gasteiger partial charge in [-0.3, -0.25) is 4.79 Å². The number of aliphatic hydroxyl groups is 1. The second-order valence-electron chi connectivity index (χ2n) is 8.81. The van der Waals surface area contributed by atoms with E-state index in [1.807, 2.05) is 32.0 Å². The zero-order chi connectivity index (χ0) is 22.8. The Kier molecular flexibility index (Phi) is 9.94. The number of carbonyl (C=O) groups is 1. The van der Waals surface area contributed by atoms with Crippen LogP contribution in [0.25, 0.3) is 0 Å². The zero-order valence-corrected chi connectivity index (χ0v) is 20.1. The molecule has 174 valence electrons. The Morgan fingerprint density at radius 3 is 2.56 bits per heavy atom. The molecule has 4 nitrogen and oxygen atoms in total. The molecule has 32 heavy (non-hydrogen) atoms. The number of carbonyl (C=O) groups excluding carboxylic acids is 1. The van der Waals surface area contributed by atoms with Crippen molar-refractivity contribution in [3.8, 4) is 5.75 Å². The Labute approximate surface area is 196 Å². The van der Waals surface area contributed by atoms with Gasteiger partial charge in [-0.2, -0.15) is 11.8 Å². The third kappa shape index (κ3) is 7.86. The summed E-state index contributed by atoms with van der Waals surface area (Å²) in [6.45, 7) is 4.23. The maximum atomic E-state index is 11.7. The van der Waals surface area contributed by atoms with E-state index in [0.29, 0.717) is 36.9 Å². The molecule has 5 heteroatoms. The van der Waals surface area contributed by atoms with Crippen molar-refractivity contribution in [3.63, 3.8) is 0 Å². The Morgan fingerprint density at radius 2 is 1.84 bits per heavy atom. The van der Waals surface area contributed by atoms with Gasteiger partial charge in [0.15, 0.2) is 0 Å². The Balaban J connectivity index is 1.61. The van der Waals surface area contributed by atoms with E-state index in [1.165, 1.54) is 31.2 Å². The lowest BCUT2D eigenvalue weighted by Crippen LogP contribution is -2.16. The largest absolute Gasteiger partial charge is 0.488 e. The second kappa shape index (κ2) is 12.9. The number of rotatable bonds is 12. The number of para-hydroxylation sites is 1. The highest BCUT2D eigenvalue weighted by Crippen LogP contribution is 2.41. The summed E-state index contributed by atoms with van der Waals surface area (Å²) in [5.41, 5.74) is 3.49. The molecule has 1 N–H and O–H groups in total. The molecule has 1 saturated carbocycles. The van der Waals surface area contributed by atoms with Gasteiger partial charge in [0, 0.05) is 17.9 Å². The summed E-state index contributed by atoms with van der Waals surface area (Å²) in [5, 5.41) is 10.7. The molecule has 1 fully saturated rings. The highest BCUT2D eigenvalue weighted by atomic mass is 32.2. The number of thioether (sulfide) groups is 1. The molecule has 3 rings (SSSR count). The maximum absolute atomic E-state index is 11.7. The molecule has 1 aliphatic carbocycles. The van der Waals surface area contributed by atoms with Crippen molar-refractivity contribution in [2.75, 3.05) is 11.5 Å². The quantitative estimate of drug-likeness (QED) is 0.318. The predicted octanol–water partition coefficient (Wildman–Crippen LogP) is 5.90. The fourth-order valence-corrected chi connectivity index (χ4v) is 5.11. The molecular formula is C27H36O4S. The van der Waals surface area contributed by atoms with Crippen LogP contribution in [0.4, 0.5) is 0 Å². The van der Waals surface area contributed by atoms with E-state index in [4.69, 9.17) is 9.47 Å². The summed E-state index contributed by atoms with van der Waals surface area (Å²) in [6, 6.07) is 16.6. The van der Waals surface area contributed by atoms with Gasteiger partial charge in [-0.25, -0.2) is 0 Å². The van der Waals surface area contributed by atoms with Crippen molar-refractivity contribution < 1.29 is 19.4 Å². The van der Waals surface area contributed by atoms with Gasteiger partial charge < -0.3 is 14.6 Å². The Bertz CT molecular complexity index is 831. The number of esters is 1. The minimum absolute atomic E-state index is 0.0838. The molecule has 2 aromatic rings. The summed E-state index contributed by atoms with van der Waals surface area (Å²) in [5.74, 6) is 2.55. The van der Waals surface area contributed by atoms with Crippen LogP contribution in [0.5, 0.6) is 5.75 Å². The zero-order valence-electron chi connectivity index (χ0n) is 19.3. The lowest BCUT2D eigenvalue weighted by atomic mass is 9.93. The predicted molar refractivity (Wildman–Crippen MR) is 131 cm³/mol. The molecule has 1 atom stereocenters. The van der Waals surface area contributed by atoms with E-state index in [9.17, 15) is 9.90 Å². The average Bonchev–Trinajstić information content (AvgIpc) is 3.31. The van der Waals surface area contributed by atoms with Gasteiger partial charge in [-0.05, 0) is 49.3 Å². The van der Waals surface area contributed by atoms with Crippen LogP contribution in [0.2, 0.25) is 0 Å². The van der Waals surface area contributed by atoms with E-state index in [2.05, 4.69) is 30.3 Å². The van der Waals surface area contributed by atoms with Crippen LogP contribution >= 0.6 is 11.8 Å². The van der Waals surface area contributed by atoms with Crippen molar-refractivity contribution in [1.29, 1.82) is 0 Å². The molecule has 0 aliphatic heterocycles. The van der Waals surface area contributed by atoms with Gasteiger partial charge >= 0.3 is 5.97 Å². The highest BCUT2D eigenvalue weighted by Gasteiger charge is 2.23. The van der Waals surface area contributed by atoms with Crippen LogP contribution in [0.3, 0.4) is 0 Å². The Morgan fingerprint density at radius 1 is 1.09 bits per heavy atom. The lowest BCUT2D eigenvalue weighted by molar-refractivity contribution is -0.146. The number of benzene rings is 2.